The highest BCUT2D eigenvalue weighted by Gasteiger charge is 2.43. The van der Waals surface area contributed by atoms with Crippen LogP contribution in [-0.4, -0.2) is 36.8 Å². The maximum absolute atomic E-state index is 13.5. The van der Waals surface area contributed by atoms with E-state index in [1.807, 2.05) is 66.9 Å². The van der Waals surface area contributed by atoms with Crippen molar-refractivity contribution in [1.82, 2.24) is 19.2 Å². The summed E-state index contributed by atoms with van der Waals surface area (Å²) in [6.45, 7) is 4.08. The molecule has 0 saturated heterocycles. The summed E-state index contributed by atoms with van der Waals surface area (Å²) in [6.07, 6.45) is 5.01. The predicted octanol–water partition coefficient (Wildman–Crippen LogP) is 4.10. The van der Waals surface area contributed by atoms with Crippen molar-refractivity contribution in [3.63, 3.8) is 0 Å². The number of fused-ring (bicyclic) bond motifs is 1. The molecule has 4 aromatic rings. The highest BCUT2D eigenvalue weighted by molar-refractivity contribution is 5.90. The number of amides is 1. The minimum Gasteiger partial charge on any atom is -0.395 e. The highest BCUT2D eigenvalue weighted by Crippen LogP contribution is 2.47. The molecule has 0 bridgehead atoms. The number of benzene rings is 2. The monoisotopic (exact) mass is 497 g/mol. The van der Waals surface area contributed by atoms with Crippen LogP contribution >= 0.6 is 0 Å². The van der Waals surface area contributed by atoms with Crippen molar-refractivity contribution in [2.24, 2.45) is 0 Å². The zero-order valence-electron chi connectivity index (χ0n) is 21.2. The van der Waals surface area contributed by atoms with Gasteiger partial charge in [-0.1, -0.05) is 48.4 Å². The molecule has 0 atom stereocenters. The van der Waals surface area contributed by atoms with Crippen LogP contribution < -0.4 is 10.9 Å². The van der Waals surface area contributed by atoms with Crippen molar-refractivity contribution < 1.29 is 9.90 Å². The van der Waals surface area contributed by atoms with E-state index in [1.54, 1.807) is 0 Å². The Labute approximate surface area is 215 Å². The van der Waals surface area contributed by atoms with Gasteiger partial charge in [-0.15, -0.1) is 5.10 Å². The van der Waals surface area contributed by atoms with Gasteiger partial charge in [0.15, 0.2) is 5.82 Å². The fourth-order valence-electron chi connectivity index (χ4n) is 5.30. The number of nitrogens with one attached hydrogen (secondary N) is 1. The molecular formula is C29H31N5O3. The molecule has 37 heavy (non-hydrogen) atoms. The number of aryl methyl sites for hydroxylation is 1. The van der Waals surface area contributed by atoms with Gasteiger partial charge in [-0.25, -0.2) is 0 Å². The average molecular weight is 498 g/mol. The summed E-state index contributed by atoms with van der Waals surface area (Å²) in [7, 11) is 0. The van der Waals surface area contributed by atoms with Crippen LogP contribution in [0.2, 0.25) is 0 Å². The molecule has 2 fully saturated rings. The van der Waals surface area contributed by atoms with Crippen molar-refractivity contribution in [3.8, 4) is 11.4 Å². The largest absolute Gasteiger partial charge is 0.395 e. The number of aromatic nitrogens is 4. The molecule has 0 spiro atoms. The maximum atomic E-state index is 13.5. The van der Waals surface area contributed by atoms with E-state index < -0.39 is 0 Å². The molecule has 8 nitrogen and oxygen atoms in total. The lowest BCUT2D eigenvalue weighted by molar-refractivity contribution is -0.116. The Morgan fingerprint density at radius 1 is 1.08 bits per heavy atom. The Hall–Kier alpha value is -3.78. The van der Waals surface area contributed by atoms with Crippen molar-refractivity contribution in [3.05, 3.63) is 81.3 Å². The van der Waals surface area contributed by atoms with E-state index in [0.717, 1.165) is 65.7 Å². The molecule has 2 heterocycles. The normalized spacial score (nSPS) is 16.5. The fraction of sp³-hybridized carbons (Fsp3) is 0.379. The average Bonchev–Trinajstić information content (AvgIpc) is 3.55. The van der Waals surface area contributed by atoms with Gasteiger partial charge >= 0.3 is 0 Å². The molecule has 0 radical (unpaired) electrons. The first-order valence-corrected chi connectivity index (χ1v) is 13.0. The summed E-state index contributed by atoms with van der Waals surface area (Å²) in [5, 5.41) is 17.3. The van der Waals surface area contributed by atoms with Gasteiger partial charge in [-0.05, 0) is 63.1 Å². The Morgan fingerprint density at radius 3 is 2.38 bits per heavy atom. The van der Waals surface area contributed by atoms with Crippen molar-refractivity contribution >= 4 is 17.4 Å². The third-order valence-electron chi connectivity index (χ3n) is 8.11. The van der Waals surface area contributed by atoms with Crippen LogP contribution in [0.4, 0.5) is 5.69 Å². The molecule has 6 rings (SSSR count). The summed E-state index contributed by atoms with van der Waals surface area (Å²) in [5.41, 5.74) is 4.98. The van der Waals surface area contributed by atoms with Gasteiger partial charge in [-0.3, -0.25) is 9.59 Å². The number of carbonyl (C=O) groups is 1. The molecule has 0 aliphatic heterocycles. The molecule has 2 aliphatic rings. The lowest BCUT2D eigenvalue weighted by Gasteiger charge is -2.27. The molecule has 190 valence electrons. The van der Waals surface area contributed by atoms with Crippen LogP contribution in [0.3, 0.4) is 0 Å². The quantitative estimate of drug-likeness (QED) is 0.400. The Bertz CT molecular complexity index is 1540. The Kier molecular flexibility index (Phi) is 5.71. The Morgan fingerprint density at radius 2 is 1.78 bits per heavy atom. The lowest BCUT2D eigenvalue weighted by atomic mass is 9.80. The third kappa shape index (κ3) is 4.15. The summed E-state index contributed by atoms with van der Waals surface area (Å²) < 4.78 is 3.17. The molecule has 2 saturated carbocycles. The number of hydrogen-bond donors (Lipinski definition) is 2. The van der Waals surface area contributed by atoms with Gasteiger partial charge in [0.1, 0.15) is 6.54 Å². The second-order valence-corrected chi connectivity index (χ2v) is 10.6. The van der Waals surface area contributed by atoms with E-state index >= 15 is 0 Å². The number of anilines is 1. The molecular weight excluding hydrogens is 466 g/mol. The SMILES string of the molecule is Cc1ccc(NC(=O)Cn2c(C)c(C3CCC3)c(=O)n3nc(-c4ccc(C5(CO)CC5)cc4)nc23)cc1. The highest BCUT2D eigenvalue weighted by atomic mass is 16.3. The first-order chi connectivity index (χ1) is 17.9. The smallest absolute Gasteiger partial charge is 0.279 e. The summed E-state index contributed by atoms with van der Waals surface area (Å²) in [6, 6.07) is 15.6. The van der Waals surface area contributed by atoms with Gasteiger partial charge in [0, 0.05) is 27.9 Å². The van der Waals surface area contributed by atoms with Gasteiger partial charge in [0.05, 0.1) is 6.61 Å². The van der Waals surface area contributed by atoms with Crippen molar-refractivity contribution in [2.75, 3.05) is 11.9 Å². The zero-order valence-corrected chi connectivity index (χ0v) is 21.2. The second kappa shape index (κ2) is 8.95. The van der Waals surface area contributed by atoms with Crippen molar-refractivity contribution in [1.29, 1.82) is 0 Å². The molecule has 8 heteroatoms. The number of aliphatic hydroxyl groups excluding tert-OH is 1. The fourth-order valence-corrected chi connectivity index (χ4v) is 5.30. The van der Waals surface area contributed by atoms with Gasteiger partial charge in [-0.2, -0.15) is 9.50 Å². The third-order valence-corrected chi connectivity index (χ3v) is 8.11. The van der Waals surface area contributed by atoms with E-state index in [-0.39, 0.29) is 36.0 Å². The van der Waals surface area contributed by atoms with Crippen LogP contribution in [0, 0.1) is 13.8 Å². The zero-order chi connectivity index (χ0) is 25.7. The molecule has 2 aromatic carbocycles. The molecule has 2 aromatic heterocycles. The number of nitrogens with zero attached hydrogens (tertiary/aromatic N) is 4. The number of rotatable bonds is 7. The van der Waals surface area contributed by atoms with Gasteiger partial charge in [0.2, 0.25) is 11.7 Å². The van der Waals surface area contributed by atoms with Crippen molar-refractivity contribution in [2.45, 2.75) is 63.8 Å². The maximum Gasteiger partial charge on any atom is 0.279 e. The Balaban J connectivity index is 1.39. The van der Waals surface area contributed by atoms with Crippen LogP contribution in [0.1, 0.15) is 60.4 Å². The summed E-state index contributed by atoms with van der Waals surface area (Å²) >= 11 is 0. The molecule has 2 N–H and O–H groups in total. The number of carbonyl (C=O) groups excluding carboxylic acids is 1. The van der Waals surface area contributed by atoms with E-state index in [1.165, 1.54) is 4.52 Å². The summed E-state index contributed by atoms with van der Waals surface area (Å²) in [4.78, 5) is 31.3. The first-order valence-electron chi connectivity index (χ1n) is 13.0. The first kappa shape index (κ1) is 23.6. The molecule has 0 unspecified atom stereocenters. The van der Waals surface area contributed by atoms with Crippen LogP contribution in [0.15, 0.2) is 53.3 Å². The predicted molar refractivity (Wildman–Crippen MR) is 142 cm³/mol. The topological polar surface area (TPSA) is 102 Å². The second-order valence-electron chi connectivity index (χ2n) is 10.6. The molecule has 2 aliphatic carbocycles. The minimum atomic E-state index is -0.190. The standard InChI is InChI=1S/C29H31N5O3/c1-18-6-12-23(13-7-18)30-24(36)16-33-19(2)25(20-4-3-5-20)27(37)34-28(33)31-26(32-34)21-8-10-22(11-9-21)29(17-35)14-15-29/h6-13,20,35H,3-5,14-17H2,1-2H3,(H,30,36). The van der Waals surface area contributed by atoms with E-state index in [4.69, 9.17) is 4.98 Å². The van der Waals surface area contributed by atoms with Gasteiger partial charge in [0.25, 0.3) is 5.56 Å². The van der Waals surface area contributed by atoms with Crippen LogP contribution in [0.25, 0.3) is 17.2 Å². The lowest BCUT2D eigenvalue weighted by Crippen LogP contribution is -2.32. The number of hydrogen-bond acceptors (Lipinski definition) is 5. The minimum absolute atomic E-state index is 0.0271. The molecule has 1 amide bonds. The van der Waals surface area contributed by atoms with Gasteiger partial charge < -0.3 is 15.0 Å². The van der Waals surface area contributed by atoms with E-state index in [9.17, 15) is 14.7 Å². The number of aliphatic hydroxyl groups is 1. The van der Waals surface area contributed by atoms with E-state index in [2.05, 4.69) is 10.4 Å². The summed E-state index contributed by atoms with van der Waals surface area (Å²) in [5.74, 6) is 0.793. The van der Waals surface area contributed by atoms with E-state index in [0.29, 0.717) is 11.6 Å². The van der Waals surface area contributed by atoms with Crippen LogP contribution in [-0.2, 0) is 16.8 Å². The van der Waals surface area contributed by atoms with Crippen LogP contribution in [0.5, 0.6) is 0 Å².